The number of rotatable bonds is 8. The number of nitrogens with one attached hydrogen (secondary N) is 2. The quantitative estimate of drug-likeness (QED) is 0.474. The van der Waals surface area contributed by atoms with Gasteiger partial charge in [0.05, 0.1) is 7.11 Å². The van der Waals surface area contributed by atoms with Gasteiger partial charge < -0.3 is 15.0 Å². The second-order valence-corrected chi connectivity index (χ2v) is 9.32. The van der Waals surface area contributed by atoms with Crippen LogP contribution in [0, 0.1) is 6.92 Å². The second-order valence-electron chi connectivity index (χ2n) is 6.67. The largest absolute Gasteiger partial charge is 0.465 e. The minimum absolute atomic E-state index is 0.0566. The van der Waals surface area contributed by atoms with Crippen LogP contribution < -0.4 is 14.9 Å². The number of nitrogens with zero attached hydrogens (tertiary/aromatic N) is 3. The Labute approximate surface area is 174 Å². The van der Waals surface area contributed by atoms with Gasteiger partial charge in [-0.2, -0.15) is 4.98 Å². The number of hydrogen-bond donors (Lipinski definition) is 2. The number of sulfonamides is 1. The molecule has 1 aliphatic heterocycles. The molecule has 3 rings (SSSR count). The summed E-state index contributed by atoms with van der Waals surface area (Å²) >= 11 is 1.03. The molecule has 158 valence electrons. The topological polar surface area (TPSA) is 114 Å². The van der Waals surface area contributed by atoms with Crippen molar-refractivity contribution in [3.05, 3.63) is 28.1 Å². The fourth-order valence-corrected chi connectivity index (χ4v) is 5.47. The molecule has 1 saturated heterocycles. The van der Waals surface area contributed by atoms with E-state index in [-0.39, 0.29) is 16.3 Å². The second kappa shape index (κ2) is 9.51. The zero-order valence-electron chi connectivity index (χ0n) is 16.5. The van der Waals surface area contributed by atoms with Gasteiger partial charge in [0.1, 0.15) is 15.6 Å². The number of piperidine rings is 1. The monoisotopic (exact) mass is 439 g/mol. The maximum Gasteiger partial charge on any atom is 0.349 e. The third-order valence-electron chi connectivity index (χ3n) is 4.51. The van der Waals surface area contributed by atoms with Crippen molar-refractivity contribution in [1.29, 1.82) is 0 Å². The van der Waals surface area contributed by atoms with Crippen molar-refractivity contribution in [2.45, 2.75) is 31.1 Å². The number of thiophene rings is 1. The molecule has 0 amide bonds. The summed E-state index contributed by atoms with van der Waals surface area (Å²) in [6.45, 7) is 4.31. The highest BCUT2D eigenvalue weighted by atomic mass is 32.2. The molecule has 0 saturated carbocycles. The van der Waals surface area contributed by atoms with Gasteiger partial charge in [0, 0.05) is 37.9 Å². The Balaban J connectivity index is 1.58. The Bertz CT molecular complexity index is 955. The van der Waals surface area contributed by atoms with Gasteiger partial charge in [0.15, 0.2) is 0 Å². The van der Waals surface area contributed by atoms with Crippen LogP contribution in [-0.4, -0.2) is 57.6 Å². The summed E-state index contributed by atoms with van der Waals surface area (Å²) in [6.07, 6.45) is 3.56. The van der Waals surface area contributed by atoms with Crippen LogP contribution in [0.25, 0.3) is 0 Å². The van der Waals surface area contributed by atoms with Crippen LogP contribution in [0.3, 0.4) is 0 Å². The van der Waals surface area contributed by atoms with Gasteiger partial charge in [0.2, 0.25) is 16.0 Å². The number of aromatic nitrogens is 2. The van der Waals surface area contributed by atoms with Crippen LogP contribution in [0.1, 0.15) is 34.6 Å². The van der Waals surface area contributed by atoms with Crippen molar-refractivity contribution < 1.29 is 17.9 Å². The first-order valence-electron chi connectivity index (χ1n) is 9.40. The molecular formula is C18H25N5O4S2. The normalized spacial score (nSPS) is 14.6. The highest BCUT2D eigenvalue weighted by Gasteiger charge is 2.24. The van der Waals surface area contributed by atoms with Crippen molar-refractivity contribution in [1.82, 2.24) is 14.7 Å². The smallest absolute Gasteiger partial charge is 0.349 e. The number of carbonyl (C=O) groups is 1. The number of anilines is 2. The van der Waals surface area contributed by atoms with Crippen LogP contribution in [0.15, 0.2) is 22.4 Å². The standard InChI is InChI=1S/C18H25N5O4S2/c1-13-12-15(23-9-4-3-5-10-23)22-18(21-13)19-7-8-20-29(25,26)14-6-11-28-16(14)17(24)27-2/h6,11-12,20H,3-5,7-10H2,1-2H3,(H,19,21,22). The fourth-order valence-electron chi connectivity index (χ4n) is 3.10. The van der Waals surface area contributed by atoms with Crippen LogP contribution in [0.4, 0.5) is 11.8 Å². The van der Waals surface area contributed by atoms with Crippen molar-refractivity contribution in [3.63, 3.8) is 0 Å². The summed E-state index contributed by atoms with van der Waals surface area (Å²) in [6, 6.07) is 3.35. The van der Waals surface area contributed by atoms with E-state index in [1.165, 1.54) is 19.6 Å². The van der Waals surface area contributed by atoms with E-state index in [4.69, 9.17) is 0 Å². The first-order chi connectivity index (χ1) is 13.9. The van der Waals surface area contributed by atoms with Gasteiger partial charge in [-0.25, -0.2) is 22.9 Å². The van der Waals surface area contributed by atoms with Crippen LogP contribution in [0.2, 0.25) is 0 Å². The maximum atomic E-state index is 12.5. The molecule has 0 aromatic carbocycles. The lowest BCUT2D eigenvalue weighted by atomic mass is 10.1. The van der Waals surface area contributed by atoms with E-state index in [0.717, 1.165) is 48.8 Å². The minimum atomic E-state index is -3.82. The lowest BCUT2D eigenvalue weighted by molar-refractivity contribution is 0.0602. The average Bonchev–Trinajstić information content (AvgIpc) is 3.22. The van der Waals surface area contributed by atoms with E-state index >= 15 is 0 Å². The van der Waals surface area contributed by atoms with E-state index < -0.39 is 16.0 Å². The molecule has 29 heavy (non-hydrogen) atoms. The van der Waals surface area contributed by atoms with Gasteiger partial charge in [0.25, 0.3) is 0 Å². The zero-order chi connectivity index (χ0) is 20.9. The van der Waals surface area contributed by atoms with E-state index in [1.807, 2.05) is 13.0 Å². The zero-order valence-corrected chi connectivity index (χ0v) is 18.1. The number of esters is 1. The fraction of sp³-hybridized carbons (Fsp3) is 0.500. The van der Waals surface area contributed by atoms with Gasteiger partial charge in [-0.1, -0.05) is 0 Å². The summed E-state index contributed by atoms with van der Waals surface area (Å²) in [5.41, 5.74) is 0.852. The number of aryl methyl sites for hydroxylation is 1. The van der Waals surface area contributed by atoms with Crippen molar-refractivity contribution in [2.75, 3.05) is 43.5 Å². The first-order valence-corrected chi connectivity index (χ1v) is 11.8. The lowest BCUT2D eigenvalue weighted by Gasteiger charge is -2.28. The highest BCUT2D eigenvalue weighted by molar-refractivity contribution is 7.89. The van der Waals surface area contributed by atoms with E-state index in [9.17, 15) is 13.2 Å². The molecule has 2 aromatic rings. The lowest BCUT2D eigenvalue weighted by Crippen LogP contribution is -2.31. The molecule has 0 unspecified atom stereocenters. The van der Waals surface area contributed by atoms with Gasteiger partial charge in [-0.15, -0.1) is 11.3 Å². The van der Waals surface area contributed by atoms with E-state index in [0.29, 0.717) is 12.5 Å². The van der Waals surface area contributed by atoms with Crippen molar-refractivity contribution in [3.8, 4) is 0 Å². The molecule has 1 aliphatic rings. The predicted octanol–water partition coefficient (Wildman–Crippen LogP) is 2.01. The third-order valence-corrected chi connectivity index (χ3v) is 7.04. The van der Waals surface area contributed by atoms with Gasteiger partial charge in [-0.3, -0.25) is 0 Å². The molecule has 3 heterocycles. The molecule has 0 radical (unpaired) electrons. The van der Waals surface area contributed by atoms with Crippen molar-refractivity contribution in [2.24, 2.45) is 0 Å². The predicted molar refractivity (Wildman–Crippen MR) is 112 cm³/mol. The van der Waals surface area contributed by atoms with Crippen LogP contribution in [-0.2, 0) is 14.8 Å². The molecule has 0 spiro atoms. The Morgan fingerprint density at radius 1 is 1.24 bits per heavy atom. The number of ether oxygens (including phenoxy) is 1. The Hall–Kier alpha value is -2.24. The summed E-state index contributed by atoms with van der Waals surface area (Å²) < 4.78 is 32.1. The summed E-state index contributed by atoms with van der Waals surface area (Å²) in [5.74, 6) is 0.689. The molecule has 2 aromatic heterocycles. The molecule has 0 bridgehead atoms. The van der Waals surface area contributed by atoms with Gasteiger partial charge >= 0.3 is 5.97 Å². The maximum absolute atomic E-state index is 12.5. The minimum Gasteiger partial charge on any atom is -0.465 e. The molecule has 1 fully saturated rings. The van der Waals surface area contributed by atoms with Crippen LogP contribution >= 0.6 is 11.3 Å². The highest BCUT2D eigenvalue weighted by Crippen LogP contribution is 2.22. The van der Waals surface area contributed by atoms with Crippen molar-refractivity contribution >= 4 is 39.1 Å². The molecular weight excluding hydrogens is 414 g/mol. The Kier molecular flexibility index (Phi) is 7.04. The third kappa shape index (κ3) is 5.43. The average molecular weight is 440 g/mol. The SMILES string of the molecule is COC(=O)c1sccc1S(=O)(=O)NCCNc1nc(C)cc(N2CCCCC2)n1. The number of hydrogen-bond acceptors (Lipinski definition) is 9. The van der Waals surface area contributed by atoms with Gasteiger partial charge in [-0.05, 0) is 37.6 Å². The molecule has 2 N–H and O–H groups in total. The summed E-state index contributed by atoms with van der Waals surface area (Å²) in [5, 5.41) is 4.61. The molecule has 9 nitrogen and oxygen atoms in total. The Morgan fingerprint density at radius 3 is 2.72 bits per heavy atom. The number of carbonyl (C=O) groups excluding carboxylic acids is 1. The number of methoxy groups -OCH3 is 1. The van der Waals surface area contributed by atoms with Crippen LogP contribution in [0.5, 0.6) is 0 Å². The van der Waals surface area contributed by atoms with E-state index in [1.54, 1.807) is 5.38 Å². The van der Waals surface area contributed by atoms with E-state index in [2.05, 4.69) is 29.6 Å². The molecule has 11 heteroatoms. The summed E-state index contributed by atoms with van der Waals surface area (Å²) in [7, 11) is -2.60. The Morgan fingerprint density at radius 2 is 2.00 bits per heavy atom. The molecule has 0 atom stereocenters. The first kappa shape index (κ1) is 21.5. The molecule has 0 aliphatic carbocycles. The summed E-state index contributed by atoms with van der Waals surface area (Å²) in [4.78, 5) is 22.9.